The molecule has 0 bridgehead atoms. The molecule has 3 aromatic rings. The summed E-state index contributed by atoms with van der Waals surface area (Å²) in [5.41, 5.74) is 4.79. The van der Waals surface area contributed by atoms with E-state index < -0.39 is 0 Å². The van der Waals surface area contributed by atoms with Crippen LogP contribution >= 0.6 is 11.8 Å². The molecule has 30 heavy (non-hydrogen) atoms. The number of aromatic nitrogens is 1. The Morgan fingerprint density at radius 3 is 2.70 bits per heavy atom. The first-order chi connectivity index (χ1) is 14.6. The first kappa shape index (κ1) is 22.2. The van der Waals surface area contributed by atoms with Gasteiger partial charge in [0.05, 0.1) is 20.1 Å². The maximum absolute atomic E-state index is 12.4. The fraction of sp³-hybridized carbons (Fsp3) is 0.320. The minimum Gasteiger partial charge on any atom is -0.418 e. The van der Waals surface area contributed by atoms with Crippen LogP contribution in [-0.4, -0.2) is 30.4 Å². The topological polar surface area (TPSA) is 46.5 Å². The zero-order valence-electron chi connectivity index (χ0n) is 18.0. The number of carbonyl (C=O) groups is 1. The number of H-pyrrole nitrogens is 1. The van der Waals surface area contributed by atoms with Crippen LogP contribution in [0, 0.1) is 0 Å². The number of allylic oxidation sites excluding steroid dienone is 1. The lowest BCUT2D eigenvalue weighted by atomic mass is 10.1. The zero-order valence-corrected chi connectivity index (χ0v) is 18.9. The van der Waals surface area contributed by atoms with Crippen molar-refractivity contribution in [2.75, 3.05) is 20.1 Å². The molecule has 2 aromatic carbocycles. The summed E-state index contributed by atoms with van der Waals surface area (Å²) in [6.07, 6.45) is 6.29. The highest BCUT2D eigenvalue weighted by Crippen LogP contribution is 2.30. The molecule has 3 rings (SSSR count). The van der Waals surface area contributed by atoms with Crippen LogP contribution in [0.1, 0.15) is 31.4 Å². The van der Waals surface area contributed by atoms with E-state index in [2.05, 4.69) is 32.0 Å². The van der Waals surface area contributed by atoms with Crippen molar-refractivity contribution in [3.63, 3.8) is 0 Å². The van der Waals surface area contributed by atoms with Gasteiger partial charge in [-0.15, -0.1) is 0 Å². The second-order valence-electron chi connectivity index (χ2n) is 7.55. The van der Waals surface area contributed by atoms with E-state index in [1.807, 2.05) is 54.7 Å². The smallest absolute Gasteiger partial charge is 0.373 e. The molecule has 0 fully saturated rings. The Kier molecular flexibility index (Phi) is 8.17. The van der Waals surface area contributed by atoms with Crippen LogP contribution < -0.4 is 9.64 Å². The lowest BCUT2D eigenvalue weighted by Gasteiger charge is -2.15. The summed E-state index contributed by atoms with van der Waals surface area (Å²) in [5.74, 6) is 1.24. The van der Waals surface area contributed by atoms with Crippen LogP contribution in [0.3, 0.4) is 0 Å². The Hall–Kier alpha value is -2.50. The molecule has 0 spiro atoms. The highest BCUT2D eigenvalue weighted by Gasteiger charge is 2.15. The third-order valence-electron chi connectivity index (χ3n) is 5.35. The van der Waals surface area contributed by atoms with Gasteiger partial charge in [0.2, 0.25) is 0 Å². The van der Waals surface area contributed by atoms with E-state index in [1.165, 1.54) is 27.8 Å². The molecule has 1 unspecified atom stereocenters. The van der Waals surface area contributed by atoms with Gasteiger partial charge in [0.15, 0.2) is 0 Å². The molecule has 0 saturated heterocycles. The molecule has 5 heteroatoms. The van der Waals surface area contributed by atoms with Crippen molar-refractivity contribution in [2.24, 2.45) is 0 Å². The van der Waals surface area contributed by atoms with Gasteiger partial charge in [-0.25, -0.2) is 4.79 Å². The van der Waals surface area contributed by atoms with Gasteiger partial charge in [0.1, 0.15) is 5.75 Å². The predicted octanol–water partition coefficient (Wildman–Crippen LogP) is 5.01. The number of quaternary nitrogens is 1. The van der Waals surface area contributed by atoms with E-state index >= 15 is 0 Å². The van der Waals surface area contributed by atoms with Gasteiger partial charge in [-0.2, -0.15) is 0 Å². The molecule has 1 atom stereocenters. The summed E-state index contributed by atoms with van der Waals surface area (Å²) in [4.78, 5) is 17.2. The van der Waals surface area contributed by atoms with Crippen molar-refractivity contribution in [1.82, 2.24) is 4.98 Å². The van der Waals surface area contributed by atoms with Crippen molar-refractivity contribution in [2.45, 2.75) is 32.4 Å². The summed E-state index contributed by atoms with van der Waals surface area (Å²) < 4.78 is 5.74. The summed E-state index contributed by atoms with van der Waals surface area (Å²) >= 11 is 1.19. The quantitative estimate of drug-likeness (QED) is 0.375. The predicted molar refractivity (Wildman–Crippen MR) is 126 cm³/mol. The van der Waals surface area contributed by atoms with Crippen molar-refractivity contribution in [3.05, 3.63) is 77.5 Å². The summed E-state index contributed by atoms with van der Waals surface area (Å²) in [5, 5.41) is 0.739. The fourth-order valence-electron chi connectivity index (χ4n) is 3.59. The maximum atomic E-state index is 12.4. The van der Waals surface area contributed by atoms with E-state index in [9.17, 15) is 4.79 Å². The number of aromatic amines is 1. The van der Waals surface area contributed by atoms with Crippen LogP contribution in [0.2, 0.25) is 0 Å². The minimum absolute atomic E-state index is 0.276. The van der Waals surface area contributed by atoms with Crippen molar-refractivity contribution in [1.29, 1.82) is 0 Å². The molecule has 0 aliphatic heterocycles. The third kappa shape index (κ3) is 6.00. The molecule has 2 N–H and O–H groups in total. The molecule has 0 saturated carbocycles. The van der Waals surface area contributed by atoms with E-state index in [0.717, 1.165) is 42.4 Å². The van der Waals surface area contributed by atoms with Gasteiger partial charge in [0, 0.05) is 29.3 Å². The first-order valence-electron chi connectivity index (χ1n) is 10.5. The highest BCUT2D eigenvalue weighted by molar-refractivity contribution is 8.12. The molecule has 0 aliphatic carbocycles. The normalized spacial score (nSPS) is 12.8. The van der Waals surface area contributed by atoms with E-state index in [0.29, 0.717) is 11.5 Å². The van der Waals surface area contributed by atoms with Gasteiger partial charge < -0.3 is 14.6 Å². The summed E-state index contributed by atoms with van der Waals surface area (Å²) in [7, 11) is 2.23. The standard InChI is InChI=1S/C25H30N2O2S/c1-4-19(5-2)17-27(3)15-14-21-16-26-22-12-9-13-23(24(21)22)29-25(28)30-18-20-10-7-6-8-11-20/h4,6-13,16,26H,5,14-15,17-18H2,1-3H3/p+1/b19-4-. The molecular formula is C25H31N2O2S+. The van der Waals surface area contributed by atoms with E-state index in [1.54, 1.807) is 0 Å². The largest absolute Gasteiger partial charge is 0.418 e. The summed E-state index contributed by atoms with van der Waals surface area (Å²) in [6.45, 7) is 6.41. The van der Waals surface area contributed by atoms with Crippen LogP contribution in [0.5, 0.6) is 5.75 Å². The number of ether oxygens (including phenoxy) is 1. The zero-order chi connectivity index (χ0) is 21.3. The number of fused-ring (bicyclic) bond motifs is 1. The second kappa shape index (κ2) is 11.0. The van der Waals surface area contributed by atoms with Crippen molar-refractivity contribution >= 4 is 28.0 Å². The lowest BCUT2D eigenvalue weighted by Crippen LogP contribution is -3.09. The lowest BCUT2D eigenvalue weighted by molar-refractivity contribution is -0.874. The number of carbonyl (C=O) groups excluding carboxylic acids is 1. The number of nitrogens with one attached hydrogen (secondary N) is 2. The molecule has 4 nitrogen and oxygen atoms in total. The van der Waals surface area contributed by atoms with Crippen molar-refractivity contribution in [3.8, 4) is 5.75 Å². The number of likely N-dealkylation sites (N-methyl/N-ethyl adjacent to an activating group) is 1. The van der Waals surface area contributed by atoms with Gasteiger partial charge >= 0.3 is 5.30 Å². The van der Waals surface area contributed by atoms with Crippen LogP contribution in [0.4, 0.5) is 4.79 Å². The Bertz CT molecular complexity index is 995. The molecular weight excluding hydrogens is 392 g/mol. The Balaban J connectivity index is 1.65. The van der Waals surface area contributed by atoms with Gasteiger partial charge in [-0.3, -0.25) is 0 Å². The SMILES string of the molecule is C/C=C(/CC)C[NH+](C)CCc1c[nH]c2cccc(OC(=O)SCc3ccccc3)c12. The number of hydrogen-bond acceptors (Lipinski definition) is 3. The number of benzene rings is 2. The number of thioether (sulfide) groups is 1. The average Bonchev–Trinajstić information content (AvgIpc) is 3.19. The Morgan fingerprint density at radius 1 is 1.17 bits per heavy atom. The average molecular weight is 424 g/mol. The Morgan fingerprint density at radius 2 is 1.97 bits per heavy atom. The second-order valence-corrected chi connectivity index (χ2v) is 8.46. The molecule has 0 aliphatic rings. The first-order valence-corrected chi connectivity index (χ1v) is 11.5. The third-order valence-corrected chi connectivity index (χ3v) is 6.15. The molecule has 158 valence electrons. The molecule has 1 heterocycles. The monoisotopic (exact) mass is 423 g/mol. The van der Waals surface area contributed by atoms with Crippen LogP contribution in [-0.2, 0) is 12.2 Å². The van der Waals surface area contributed by atoms with Crippen LogP contribution in [0.15, 0.2) is 66.4 Å². The number of rotatable bonds is 9. The number of hydrogen-bond donors (Lipinski definition) is 2. The highest BCUT2D eigenvalue weighted by atomic mass is 32.2. The Labute approximate surface area is 183 Å². The summed E-state index contributed by atoms with van der Waals surface area (Å²) in [6, 6.07) is 15.8. The van der Waals surface area contributed by atoms with Crippen LogP contribution in [0.25, 0.3) is 10.9 Å². The fourth-order valence-corrected chi connectivity index (χ4v) is 4.22. The van der Waals surface area contributed by atoms with Gasteiger partial charge in [-0.1, -0.05) is 49.4 Å². The molecule has 0 amide bonds. The molecule has 1 aromatic heterocycles. The van der Waals surface area contributed by atoms with Crippen molar-refractivity contribution < 1.29 is 14.4 Å². The molecule has 0 radical (unpaired) electrons. The van der Waals surface area contributed by atoms with E-state index in [4.69, 9.17) is 4.74 Å². The minimum atomic E-state index is -0.276. The van der Waals surface area contributed by atoms with E-state index in [-0.39, 0.29) is 5.30 Å². The van der Waals surface area contributed by atoms with Gasteiger partial charge in [-0.05, 0) is 53.9 Å². The maximum Gasteiger partial charge on any atom is 0.373 e. The van der Waals surface area contributed by atoms with Gasteiger partial charge in [0.25, 0.3) is 0 Å².